The van der Waals surface area contributed by atoms with Crippen LogP contribution in [0.1, 0.15) is 39.8 Å². The summed E-state index contributed by atoms with van der Waals surface area (Å²) in [5.41, 5.74) is 11.1. The molecule has 0 aliphatic rings. The van der Waals surface area contributed by atoms with Gasteiger partial charge in [-0.15, -0.1) is 11.3 Å². The first kappa shape index (κ1) is 28.7. The molecule has 8 aromatic rings. The lowest BCUT2D eigenvalue weighted by Crippen LogP contribution is -1.98. The Morgan fingerprint density at radius 2 is 1.13 bits per heavy atom. The third-order valence-corrected chi connectivity index (χ3v) is 9.06. The molecule has 0 fully saturated rings. The summed E-state index contributed by atoms with van der Waals surface area (Å²) in [5, 5.41) is 6.06. The molecule has 0 saturated heterocycles. The maximum absolute atomic E-state index is 13.8. The van der Waals surface area contributed by atoms with Crippen LogP contribution in [0, 0.1) is 60.1 Å². The van der Waals surface area contributed by atoms with E-state index in [-0.39, 0.29) is 11.6 Å². The molecule has 6 aromatic heterocycles. The molecule has 0 aliphatic heterocycles. The van der Waals surface area contributed by atoms with Gasteiger partial charge in [-0.25, -0.2) is 28.7 Å². The highest BCUT2D eigenvalue weighted by atomic mass is 32.1. The van der Waals surface area contributed by atoms with Gasteiger partial charge in [-0.3, -0.25) is 8.80 Å². The van der Waals surface area contributed by atoms with Crippen LogP contribution in [0.2, 0.25) is 0 Å². The fourth-order valence-electron chi connectivity index (χ4n) is 6.11. The molecule has 0 aliphatic carbocycles. The van der Waals surface area contributed by atoms with Gasteiger partial charge in [0.15, 0.2) is 11.6 Å². The van der Waals surface area contributed by atoms with E-state index in [2.05, 4.69) is 33.5 Å². The van der Waals surface area contributed by atoms with Crippen LogP contribution >= 0.6 is 11.3 Å². The summed E-state index contributed by atoms with van der Waals surface area (Å²) in [4.78, 5) is 19.7. The minimum Gasteiger partial charge on any atom is -0.361 e. The molecular weight excluding hydrogens is 592 g/mol. The van der Waals surface area contributed by atoms with Gasteiger partial charge in [0, 0.05) is 12.1 Å². The normalized spacial score (nSPS) is 11.7. The van der Waals surface area contributed by atoms with Crippen molar-refractivity contribution in [2.45, 2.75) is 48.5 Å². The molecule has 0 atom stereocenters. The zero-order valence-corrected chi connectivity index (χ0v) is 26.6. The van der Waals surface area contributed by atoms with E-state index >= 15 is 0 Å². The monoisotopic (exact) mass is 621 g/mol. The second-order valence-electron chi connectivity index (χ2n) is 11.2. The summed E-state index contributed by atoms with van der Waals surface area (Å²) in [6, 6.07) is 11.4. The molecule has 11 heteroatoms. The maximum Gasteiger partial charge on any atom is 0.155 e. The molecule has 6 heterocycles. The first-order valence-corrected chi connectivity index (χ1v) is 15.3. The number of thiophene rings is 1. The highest BCUT2D eigenvalue weighted by molar-refractivity contribution is 7.13. The molecule has 8 nitrogen and oxygen atoms in total. The Kier molecular flexibility index (Phi) is 6.74. The SMILES string of the molecule is Cc1ccsc1-c1nc(C)c2c(C)nc3ccc(F)cc3n12.Cc1noc(C)c1-c1nc(C)c2c(C)nc3ccc(F)cc3n12. The maximum atomic E-state index is 13.8. The number of halogens is 2. The number of hydrogen-bond acceptors (Lipinski definition) is 7. The fourth-order valence-corrected chi connectivity index (χ4v) is 7.01. The lowest BCUT2D eigenvalue weighted by atomic mass is 10.2. The van der Waals surface area contributed by atoms with Gasteiger partial charge in [-0.05, 0) is 89.7 Å². The smallest absolute Gasteiger partial charge is 0.155 e. The number of benzene rings is 2. The van der Waals surface area contributed by atoms with Crippen molar-refractivity contribution in [3.63, 3.8) is 0 Å². The van der Waals surface area contributed by atoms with Gasteiger partial charge in [0.2, 0.25) is 0 Å². The van der Waals surface area contributed by atoms with Gasteiger partial charge < -0.3 is 4.52 Å². The van der Waals surface area contributed by atoms with Crippen LogP contribution in [0.15, 0.2) is 52.4 Å². The van der Waals surface area contributed by atoms with Gasteiger partial charge in [0.25, 0.3) is 0 Å². The van der Waals surface area contributed by atoms with Gasteiger partial charge in [-0.1, -0.05) is 5.16 Å². The molecule has 0 amide bonds. The van der Waals surface area contributed by atoms with Crippen molar-refractivity contribution in [3.05, 3.63) is 99.3 Å². The van der Waals surface area contributed by atoms with Crippen molar-refractivity contribution in [2.75, 3.05) is 0 Å². The fraction of sp³-hybridized carbons (Fsp3) is 0.206. The summed E-state index contributed by atoms with van der Waals surface area (Å²) in [5.74, 6) is 1.68. The second kappa shape index (κ2) is 10.6. The van der Waals surface area contributed by atoms with E-state index in [0.717, 1.165) is 72.3 Å². The summed E-state index contributed by atoms with van der Waals surface area (Å²) < 4.78 is 36.8. The Bertz CT molecular complexity index is 2430. The Labute approximate surface area is 261 Å². The average Bonchev–Trinajstić information content (AvgIpc) is 3.75. The summed E-state index contributed by atoms with van der Waals surface area (Å²) in [6.07, 6.45) is 0. The predicted octanol–water partition coefficient (Wildman–Crippen LogP) is 8.59. The molecule has 0 radical (unpaired) electrons. The van der Waals surface area contributed by atoms with E-state index in [9.17, 15) is 8.78 Å². The molecule has 45 heavy (non-hydrogen) atoms. The van der Waals surface area contributed by atoms with Crippen molar-refractivity contribution in [1.29, 1.82) is 0 Å². The van der Waals surface area contributed by atoms with E-state index in [4.69, 9.17) is 14.5 Å². The highest BCUT2D eigenvalue weighted by Crippen LogP contribution is 2.34. The predicted molar refractivity (Wildman–Crippen MR) is 173 cm³/mol. The van der Waals surface area contributed by atoms with Crippen LogP contribution in [-0.4, -0.2) is 33.9 Å². The molecule has 0 unspecified atom stereocenters. The molecule has 0 N–H and O–H groups in total. The van der Waals surface area contributed by atoms with Gasteiger partial charge in [-0.2, -0.15) is 0 Å². The zero-order chi connectivity index (χ0) is 31.7. The Hall–Kier alpha value is -5.03. The third kappa shape index (κ3) is 4.57. The standard InChI is InChI=1S/C17H15FN4O.C17H14FN3S/c1-8-15(11(4)23-21-8)17-20-10(3)16-9(2)19-13-6-5-12(18)7-14(13)22(16)17;1-9-6-7-22-16(9)17-20-11(3)15-10(2)19-13-5-4-12(18)8-14(13)21(15)17/h5-7H,1-4H3;4-8H,1-3H3. The van der Waals surface area contributed by atoms with Crippen LogP contribution in [-0.2, 0) is 0 Å². The molecular formula is C34H29F2N7OS. The topological polar surface area (TPSA) is 86.4 Å². The van der Waals surface area contributed by atoms with Crippen molar-refractivity contribution < 1.29 is 13.3 Å². The summed E-state index contributed by atoms with van der Waals surface area (Å²) in [7, 11) is 0. The van der Waals surface area contributed by atoms with Crippen LogP contribution in [0.5, 0.6) is 0 Å². The van der Waals surface area contributed by atoms with Crippen molar-refractivity contribution in [2.24, 2.45) is 0 Å². The Morgan fingerprint density at radius 3 is 1.62 bits per heavy atom. The van der Waals surface area contributed by atoms with E-state index < -0.39 is 0 Å². The largest absolute Gasteiger partial charge is 0.361 e. The van der Waals surface area contributed by atoms with E-state index in [1.54, 1.807) is 23.5 Å². The molecule has 2 aromatic carbocycles. The van der Waals surface area contributed by atoms with Gasteiger partial charge >= 0.3 is 0 Å². The van der Waals surface area contributed by atoms with Crippen molar-refractivity contribution in [1.82, 2.24) is 33.9 Å². The number of aromatic nitrogens is 7. The van der Waals surface area contributed by atoms with E-state index in [1.807, 2.05) is 50.3 Å². The number of nitrogens with zero attached hydrogens (tertiary/aromatic N) is 7. The Morgan fingerprint density at radius 1 is 0.622 bits per heavy atom. The average molecular weight is 622 g/mol. The minimum atomic E-state index is -0.305. The molecule has 8 rings (SSSR count). The van der Waals surface area contributed by atoms with Crippen LogP contribution in [0.25, 0.3) is 55.2 Å². The Balaban J connectivity index is 0.000000145. The molecule has 0 saturated carbocycles. The van der Waals surface area contributed by atoms with Crippen LogP contribution in [0.4, 0.5) is 8.78 Å². The van der Waals surface area contributed by atoms with E-state index in [0.29, 0.717) is 17.1 Å². The lowest BCUT2D eigenvalue weighted by molar-refractivity contribution is 0.393. The van der Waals surface area contributed by atoms with Crippen LogP contribution in [0.3, 0.4) is 0 Å². The molecule has 0 bridgehead atoms. The van der Waals surface area contributed by atoms with Crippen LogP contribution < -0.4 is 0 Å². The first-order chi connectivity index (χ1) is 21.5. The van der Waals surface area contributed by atoms with Crippen molar-refractivity contribution >= 4 is 44.4 Å². The molecule has 226 valence electrons. The number of imidazole rings is 2. The summed E-state index contributed by atoms with van der Waals surface area (Å²) in [6.45, 7) is 13.6. The second-order valence-corrected chi connectivity index (χ2v) is 12.1. The quantitative estimate of drug-likeness (QED) is 0.192. The number of hydrogen-bond donors (Lipinski definition) is 0. The van der Waals surface area contributed by atoms with E-state index in [1.165, 1.54) is 29.8 Å². The number of rotatable bonds is 2. The summed E-state index contributed by atoms with van der Waals surface area (Å²) >= 11 is 1.65. The molecule has 0 spiro atoms. The lowest BCUT2D eigenvalue weighted by Gasteiger charge is -2.08. The van der Waals surface area contributed by atoms with Crippen molar-refractivity contribution in [3.8, 4) is 22.1 Å². The highest BCUT2D eigenvalue weighted by Gasteiger charge is 2.22. The minimum absolute atomic E-state index is 0.264. The van der Waals surface area contributed by atoms with Gasteiger partial charge in [0.1, 0.15) is 17.4 Å². The zero-order valence-electron chi connectivity index (χ0n) is 25.8. The number of aryl methyl sites for hydroxylation is 7. The third-order valence-electron chi connectivity index (χ3n) is 8.04. The van der Waals surface area contributed by atoms with Gasteiger partial charge in [0.05, 0.1) is 72.0 Å². The first-order valence-electron chi connectivity index (χ1n) is 14.4. The number of fused-ring (bicyclic) bond motifs is 6.